The van der Waals surface area contributed by atoms with E-state index in [4.69, 9.17) is 5.73 Å². The van der Waals surface area contributed by atoms with Crippen LogP contribution in [0.1, 0.15) is 12.0 Å². The summed E-state index contributed by atoms with van der Waals surface area (Å²) in [7, 11) is 0. The van der Waals surface area contributed by atoms with Crippen molar-refractivity contribution in [1.82, 2.24) is 15.2 Å². The fourth-order valence-electron chi connectivity index (χ4n) is 2.54. The van der Waals surface area contributed by atoms with Crippen molar-refractivity contribution in [1.29, 1.82) is 0 Å². The van der Waals surface area contributed by atoms with Crippen LogP contribution in [-0.2, 0) is 11.2 Å². The third-order valence-electron chi connectivity index (χ3n) is 3.60. The molecule has 0 aliphatic carbocycles. The zero-order valence-electron chi connectivity index (χ0n) is 10.9. The normalized spacial score (nSPS) is 19.4. The number of carbonyl (C=O) groups excluding carboxylic acids is 2. The first-order valence-electron chi connectivity index (χ1n) is 6.56. The Morgan fingerprint density at radius 2 is 2.10 bits per heavy atom. The molecule has 0 bridgehead atoms. The molecule has 1 aliphatic heterocycles. The van der Waals surface area contributed by atoms with Crippen LogP contribution in [0.5, 0.6) is 0 Å². The third kappa shape index (κ3) is 2.25. The number of para-hydroxylation sites is 1. The number of aromatic amines is 1. The number of hydrogen-bond acceptors (Lipinski definition) is 3. The van der Waals surface area contributed by atoms with Gasteiger partial charge in [-0.05, 0) is 18.1 Å². The number of nitrogens with zero attached hydrogens (tertiary/aromatic N) is 1. The molecule has 2 aromatic rings. The van der Waals surface area contributed by atoms with E-state index in [9.17, 15) is 9.59 Å². The van der Waals surface area contributed by atoms with E-state index in [0.29, 0.717) is 13.0 Å². The van der Waals surface area contributed by atoms with E-state index < -0.39 is 12.2 Å². The van der Waals surface area contributed by atoms with E-state index in [1.54, 1.807) is 0 Å². The van der Waals surface area contributed by atoms with E-state index in [0.717, 1.165) is 16.5 Å². The summed E-state index contributed by atoms with van der Waals surface area (Å²) in [6, 6.07) is 7.60. The minimum atomic E-state index is -0.540. The number of nitrogens with two attached hydrogens (primary N) is 1. The number of carbonyl (C=O) groups is 2. The Hall–Kier alpha value is -2.34. The van der Waals surface area contributed by atoms with Crippen LogP contribution in [0.25, 0.3) is 10.9 Å². The van der Waals surface area contributed by atoms with E-state index in [1.807, 2.05) is 30.5 Å². The van der Waals surface area contributed by atoms with Crippen LogP contribution in [-0.4, -0.2) is 34.5 Å². The van der Waals surface area contributed by atoms with Crippen molar-refractivity contribution in [3.8, 4) is 0 Å². The first-order chi connectivity index (χ1) is 9.65. The molecule has 0 radical (unpaired) electrons. The highest BCUT2D eigenvalue weighted by molar-refractivity contribution is 5.97. The summed E-state index contributed by atoms with van der Waals surface area (Å²) in [5.41, 5.74) is 8.06. The standard InChI is InChI=1S/C14H16N4O2/c15-12-7-13(19)17-14(20)18(12)6-5-9-8-16-11-4-2-1-3-10(9)11/h1-4,8,12,16H,5-7,15H2,(H,17,19,20). The predicted octanol–water partition coefficient (Wildman–Crippen LogP) is 0.937. The maximum Gasteiger partial charge on any atom is 0.325 e. The molecule has 2 heterocycles. The molecule has 1 unspecified atom stereocenters. The van der Waals surface area contributed by atoms with Gasteiger partial charge in [0.2, 0.25) is 5.91 Å². The molecule has 0 spiro atoms. The minimum absolute atomic E-state index is 0.152. The van der Waals surface area contributed by atoms with Gasteiger partial charge in [0, 0.05) is 23.6 Å². The summed E-state index contributed by atoms with van der Waals surface area (Å²) in [4.78, 5) is 27.6. The van der Waals surface area contributed by atoms with E-state index >= 15 is 0 Å². The van der Waals surface area contributed by atoms with Crippen molar-refractivity contribution < 1.29 is 9.59 Å². The number of nitrogens with one attached hydrogen (secondary N) is 2. The average Bonchev–Trinajstić information content (AvgIpc) is 2.81. The zero-order chi connectivity index (χ0) is 14.1. The summed E-state index contributed by atoms with van der Waals surface area (Å²) >= 11 is 0. The van der Waals surface area contributed by atoms with Gasteiger partial charge < -0.3 is 15.6 Å². The maximum atomic E-state index is 11.7. The number of imide groups is 1. The fourth-order valence-corrected chi connectivity index (χ4v) is 2.54. The summed E-state index contributed by atoms with van der Waals surface area (Å²) < 4.78 is 0. The maximum absolute atomic E-state index is 11.7. The topological polar surface area (TPSA) is 91.2 Å². The van der Waals surface area contributed by atoms with Gasteiger partial charge in [0.25, 0.3) is 0 Å². The molecule has 20 heavy (non-hydrogen) atoms. The molecular formula is C14H16N4O2. The lowest BCUT2D eigenvalue weighted by molar-refractivity contribution is -0.122. The lowest BCUT2D eigenvalue weighted by atomic mass is 10.1. The highest BCUT2D eigenvalue weighted by Crippen LogP contribution is 2.19. The molecule has 3 amide bonds. The van der Waals surface area contributed by atoms with Gasteiger partial charge in [-0.3, -0.25) is 10.1 Å². The Balaban J connectivity index is 1.73. The molecule has 1 atom stereocenters. The number of urea groups is 1. The third-order valence-corrected chi connectivity index (χ3v) is 3.60. The molecule has 1 aliphatic rings. The summed E-state index contributed by atoms with van der Waals surface area (Å²) in [6.45, 7) is 0.488. The van der Waals surface area contributed by atoms with Crippen LogP contribution in [0.4, 0.5) is 4.79 Å². The molecule has 104 valence electrons. The fraction of sp³-hybridized carbons (Fsp3) is 0.286. The predicted molar refractivity (Wildman–Crippen MR) is 74.8 cm³/mol. The smallest absolute Gasteiger partial charge is 0.325 e. The highest BCUT2D eigenvalue weighted by Gasteiger charge is 2.29. The number of rotatable bonds is 3. The number of fused-ring (bicyclic) bond motifs is 1. The first kappa shape index (κ1) is 12.7. The largest absolute Gasteiger partial charge is 0.361 e. The number of amides is 3. The number of benzene rings is 1. The van der Waals surface area contributed by atoms with Crippen molar-refractivity contribution in [2.75, 3.05) is 6.54 Å². The first-order valence-corrected chi connectivity index (χ1v) is 6.56. The van der Waals surface area contributed by atoms with Crippen LogP contribution in [0.15, 0.2) is 30.5 Å². The quantitative estimate of drug-likeness (QED) is 0.776. The SMILES string of the molecule is NC1CC(=O)NC(=O)N1CCc1c[nH]c2ccccc12. The second-order valence-corrected chi connectivity index (χ2v) is 4.93. The van der Waals surface area contributed by atoms with Crippen LogP contribution in [0, 0.1) is 0 Å². The molecule has 4 N–H and O–H groups in total. The molecule has 1 aromatic carbocycles. The van der Waals surface area contributed by atoms with Gasteiger partial charge in [-0.25, -0.2) is 4.79 Å². The van der Waals surface area contributed by atoms with Crippen molar-refractivity contribution in [3.05, 3.63) is 36.0 Å². The Kier molecular flexibility index (Phi) is 3.15. The molecule has 0 saturated carbocycles. The number of aromatic nitrogens is 1. The van der Waals surface area contributed by atoms with Gasteiger partial charge in [0.15, 0.2) is 0 Å². The Morgan fingerprint density at radius 3 is 2.90 bits per heavy atom. The van der Waals surface area contributed by atoms with Gasteiger partial charge in [0.1, 0.15) is 0 Å². The summed E-state index contributed by atoms with van der Waals surface area (Å²) in [5, 5.41) is 3.44. The second-order valence-electron chi connectivity index (χ2n) is 4.93. The lowest BCUT2D eigenvalue weighted by Crippen LogP contribution is -2.58. The molecular weight excluding hydrogens is 256 g/mol. The summed E-state index contributed by atoms with van der Waals surface area (Å²) in [5.74, 6) is -0.314. The second kappa shape index (κ2) is 4.97. The zero-order valence-corrected chi connectivity index (χ0v) is 10.9. The van der Waals surface area contributed by atoms with Crippen molar-refractivity contribution >= 4 is 22.8 Å². The molecule has 1 saturated heterocycles. The van der Waals surface area contributed by atoms with Crippen LogP contribution in [0.3, 0.4) is 0 Å². The van der Waals surface area contributed by atoms with Crippen LogP contribution < -0.4 is 11.1 Å². The van der Waals surface area contributed by atoms with Crippen LogP contribution >= 0.6 is 0 Å². The van der Waals surface area contributed by atoms with Gasteiger partial charge >= 0.3 is 6.03 Å². The Bertz CT molecular complexity index is 664. The van der Waals surface area contributed by atoms with E-state index in [-0.39, 0.29) is 12.3 Å². The molecule has 3 rings (SSSR count). The molecule has 1 fully saturated rings. The van der Waals surface area contributed by atoms with Gasteiger partial charge in [-0.15, -0.1) is 0 Å². The van der Waals surface area contributed by atoms with Gasteiger partial charge in [-0.2, -0.15) is 0 Å². The average molecular weight is 272 g/mol. The summed E-state index contributed by atoms with van der Waals surface area (Å²) in [6.07, 6.45) is 2.25. The lowest BCUT2D eigenvalue weighted by Gasteiger charge is -2.32. The van der Waals surface area contributed by atoms with Crippen molar-refractivity contribution in [2.24, 2.45) is 5.73 Å². The van der Waals surface area contributed by atoms with Crippen molar-refractivity contribution in [3.63, 3.8) is 0 Å². The highest BCUT2D eigenvalue weighted by atomic mass is 16.2. The number of hydrogen-bond donors (Lipinski definition) is 3. The molecule has 6 heteroatoms. The Labute approximate surface area is 115 Å². The van der Waals surface area contributed by atoms with Crippen LogP contribution in [0.2, 0.25) is 0 Å². The minimum Gasteiger partial charge on any atom is -0.361 e. The van der Waals surface area contributed by atoms with E-state index in [2.05, 4.69) is 10.3 Å². The molecule has 6 nitrogen and oxygen atoms in total. The van der Waals surface area contributed by atoms with Gasteiger partial charge in [0.05, 0.1) is 12.6 Å². The van der Waals surface area contributed by atoms with E-state index in [1.165, 1.54) is 4.90 Å². The molecule has 1 aromatic heterocycles. The van der Waals surface area contributed by atoms with Gasteiger partial charge in [-0.1, -0.05) is 18.2 Å². The monoisotopic (exact) mass is 272 g/mol. The Morgan fingerprint density at radius 1 is 1.30 bits per heavy atom. The van der Waals surface area contributed by atoms with Crippen molar-refractivity contribution in [2.45, 2.75) is 19.0 Å². The number of H-pyrrole nitrogens is 1.